The average molecular weight is 163 g/mol. The van der Waals surface area contributed by atoms with Gasteiger partial charge in [0.1, 0.15) is 6.42 Å². The highest BCUT2D eigenvalue weighted by molar-refractivity contribution is 5.92. The summed E-state index contributed by atoms with van der Waals surface area (Å²) >= 11 is 0. The number of carboxylic acid groups (broad SMARTS) is 1. The Morgan fingerprint density at radius 2 is 2.09 bits per heavy atom. The van der Waals surface area contributed by atoms with Gasteiger partial charge in [0, 0.05) is 5.12 Å². The lowest BCUT2D eigenvalue weighted by atomic mass is 10.4. The Bertz CT molecular complexity index is 201. The maximum absolute atomic E-state index is 10.4. The van der Waals surface area contributed by atoms with Crippen molar-refractivity contribution in [3.05, 3.63) is 10.1 Å². The molecule has 8 heteroatoms. The van der Waals surface area contributed by atoms with Crippen LogP contribution in [0.4, 0.5) is 0 Å². The Morgan fingerprint density at radius 3 is 2.36 bits per heavy atom. The summed E-state index contributed by atoms with van der Waals surface area (Å²) in [5.74, 6) is 1.79. The Kier molecular flexibility index (Phi) is 2.93. The fourth-order valence-corrected chi connectivity index (χ4v) is 0.301. The van der Waals surface area contributed by atoms with Gasteiger partial charge >= 0.3 is 11.9 Å². The monoisotopic (exact) mass is 163 g/mol. The average Bonchev–Trinajstić information content (AvgIpc) is 1.84. The molecule has 0 unspecified atom stereocenters. The lowest BCUT2D eigenvalue weighted by Crippen LogP contribution is -2.42. The molecule has 0 aliphatic heterocycles. The second-order valence-electron chi connectivity index (χ2n) is 1.55. The minimum Gasteiger partial charge on any atom is -0.481 e. The molecule has 0 bridgehead atoms. The number of hydrogen-bond acceptors (Lipinski definition) is 5. The molecular weight excluding hydrogens is 158 g/mol. The van der Waals surface area contributed by atoms with Gasteiger partial charge in [0.25, 0.3) is 0 Å². The number of nitrogens with zero attached hydrogens (tertiary/aromatic N) is 2. The Hall–Kier alpha value is -1.70. The van der Waals surface area contributed by atoms with Crippen LogP contribution >= 0.6 is 0 Å². The van der Waals surface area contributed by atoms with E-state index in [2.05, 4.69) is 5.84 Å². The molecule has 0 aliphatic carbocycles. The molecule has 11 heavy (non-hydrogen) atoms. The first-order valence-electron chi connectivity index (χ1n) is 2.39. The Labute approximate surface area is 60.3 Å². The van der Waals surface area contributed by atoms with E-state index >= 15 is 0 Å². The molecule has 0 saturated heterocycles. The molecule has 0 rings (SSSR count). The van der Waals surface area contributed by atoms with E-state index in [-0.39, 0.29) is 5.12 Å². The van der Waals surface area contributed by atoms with Crippen LogP contribution in [0.1, 0.15) is 6.42 Å². The summed E-state index contributed by atoms with van der Waals surface area (Å²) in [6.45, 7) is 0. The SMILES string of the molecule is NN(C(=O)CC(=O)O)[N+](=O)[O-]. The van der Waals surface area contributed by atoms with E-state index in [1.807, 2.05) is 0 Å². The van der Waals surface area contributed by atoms with Gasteiger partial charge in [-0.25, -0.2) is 10.1 Å². The third kappa shape index (κ3) is 3.11. The van der Waals surface area contributed by atoms with Gasteiger partial charge in [0.05, 0.1) is 0 Å². The van der Waals surface area contributed by atoms with E-state index in [0.29, 0.717) is 0 Å². The van der Waals surface area contributed by atoms with E-state index in [9.17, 15) is 19.7 Å². The van der Waals surface area contributed by atoms with Crippen LogP contribution in [0.25, 0.3) is 0 Å². The fraction of sp³-hybridized carbons (Fsp3) is 0.333. The van der Waals surface area contributed by atoms with Crippen molar-refractivity contribution in [1.82, 2.24) is 5.12 Å². The topological polar surface area (TPSA) is 127 Å². The lowest BCUT2D eigenvalue weighted by Gasteiger charge is -2.01. The van der Waals surface area contributed by atoms with Crippen LogP contribution in [-0.2, 0) is 9.59 Å². The second kappa shape index (κ2) is 3.46. The minimum atomic E-state index is -1.47. The number of carbonyl (C=O) groups excluding carboxylic acids is 1. The number of carboxylic acids is 1. The molecule has 3 N–H and O–H groups in total. The van der Waals surface area contributed by atoms with Crippen molar-refractivity contribution in [2.45, 2.75) is 6.42 Å². The van der Waals surface area contributed by atoms with Gasteiger partial charge in [-0.2, -0.15) is 5.84 Å². The maximum atomic E-state index is 10.4. The molecule has 8 nitrogen and oxygen atoms in total. The summed E-state index contributed by atoms with van der Waals surface area (Å²) in [6.07, 6.45) is -0.989. The summed E-state index contributed by atoms with van der Waals surface area (Å²) in [7, 11) is 0. The molecule has 0 radical (unpaired) electrons. The number of amides is 1. The number of aliphatic carboxylic acids is 1. The first-order chi connectivity index (χ1) is 4.95. The normalized spacial score (nSPS) is 8.82. The predicted molar refractivity (Wildman–Crippen MR) is 30.3 cm³/mol. The summed E-state index contributed by atoms with van der Waals surface area (Å²) < 4.78 is 0. The highest BCUT2D eigenvalue weighted by Gasteiger charge is 2.21. The maximum Gasteiger partial charge on any atom is 0.313 e. The van der Waals surface area contributed by atoms with Crippen LogP contribution in [-0.4, -0.2) is 27.1 Å². The molecular formula is C3H5N3O5. The zero-order chi connectivity index (χ0) is 9.02. The van der Waals surface area contributed by atoms with Gasteiger partial charge in [0.15, 0.2) is 5.03 Å². The van der Waals surface area contributed by atoms with Crippen molar-refractivity contribution in [2.24, 2.45) is 5.84 Å². The standard InChI is InChI=1S/C3H5N3O5/c4-5(6(10)11)2(7)1-3(8)9/h1,4H2,(H,8,9). The van der Waals surface area contributed by atoms with Crippen LogP contribution in [0.15, 0.2) is 0 Å². The largest absolute Gasteiger partial charge is 0.481 e. The van der Waals surface area contributed by atoms with Crippen molar-refractivity contribution in [3.8, 4) is 0 Å². The molecule has 0 aromatic carbocycles. The van der Waals surface area contributed by atoms with E-state index in [4.69, 9.17) is 5.11 Å². The Balaban J connectivity index is 4.04. The van der Waals surface area contributed by atoms with Crippen molar-refractivity contribution < 1.29 is 19.7 Å². The van der Waals surface area contributed by atoms with E-state index in [0.717, 1.165) is 0 Å². The van der Waals surface area contributed by atoms with Gasteiger partial charge in [-0.15, -0.1) is 0 Å². The zero-order valence-electron chi connectivity index (χ0n) is 5.26. The lowest BCUT2D eigenvalue weighted by molar-refractivity contribution is -0.637. The van der Waals surface area contributed by atoms with Crippen LogP contribution in [0.3, 0.4) is 0 Å². The number of hydrazine groups is 2. The van der Waals surface area contributed by atoms with Gasteiger partial charge in [-0.05, 0) is 0 Å². The molecule has 0 atom stereocenters. The van der Waals surface area contributed by atoms with Crippen LogP contribution < -0.4 is 5.84 Å². The van der Waals surface area contributed by atoms with Crippen LogP contribution in [0.2, 0.25) is 0 Å². The molecule has 62 valence electrons. The fourth-order valence-electron chi connectivity index (χ4n) is 0.301. The summed E-state index contributed by atoms with van der Waals surface area (Å²) in [5.41, 5.74) is 0. The van der Waals surface area contributed by atoms with Crippen molar-refractivity contribution in [2.75, 3.05) is 0 Å². The number of nitrogens with two attached hydrogens (primary N) is 1. The van der Waals surface area contributed by atoms with Gasteiger partial charge in [-0.1, -0.05) is 0 Å². The third-order valence-corrected chi connectivity index (χ3v) is 0.734. The van der Waals surface area contributed by atoms with Crippen LogP contribution in [0.5, 0.6) is 0 Å². The quantitative estimate of drug-likeness (QED) is 0.169. The van der Waals surface area contributed by atoms with Crippen molar-refractivity contribution in [3.63, 3.8) is 0 Å². The van der Waals surface area contributed by atoms with E-state index in [1.54, 1.807) is 0 Å². The first kappa shape index (κ1) is 9.30. The van der Waals surface area contributed by atoms with E-state index < -0.39 is 23.3 Å². The number of carbonyl (C=O) groups is 2. The number of rotatable bonds is 3. The molecule has 1 amide bonds. The van der Waals surface area contributed by atoms with Gasteiger partial charge in [-0.3, -0.25) is 9.59 Å². The predicted octanol–water partition coefficient (Wildman–Crippen LogP) is -1.64. The molecule has 0 spiro atoms. The van der Waals surface area contributed by atoms with Crippen LogP contribution in [0, 0.1) is 10.1 Å². The van der Waals surface area contributed by atoms with Crippen molar-refractivity contribution >= 4 is 11.9 Å². The molecule has 0 aromatic rings. The molecule has 0 fully saturated rings. The number of nitro groups is 1. The summed E-state index contributed by atoms with van der Waals surface area (Å²) in [4.78, 5) is 29.9. The summed E-state index contributed by atoms with van der Waals surface area (Å²) in [5, 5.41) is 16.1. The first-order valence-corrected chi connectivity index (χ1v) is 2.39. The Morgan fingerprint density at radius 1 is 1.64 bits per heavy atom. The highest BCUT2D eigenvalue weighted by Crippen LogP contribution is 1.87. The zero-order valence-corrected chi connectivity index (χ0v) is 5.26. The molecule has 0 aliphatic rings. The van der Waals surface area contributed by atoms with E-state index in [1.165, 1.54) is 0 Å². The highest BCUT2D eigenvalue weighted by atomic mass is 16.7. The van der Waals surface area contributed by atoms with Crippen molar-refractivity contribution in [1.29, 1.82) is 0 Å². The minimum absolute atomic E-state index is 0.367. The molecule has 0 heterocycles. The number of hydrogen-bond donors (Lipinski definition) is 2. The smallest absolute Gasteiger partial charge is 0.313 e. The van der Waals surface area contributed by atoms with Gasteiger partial charge < -0.3 is 5.11 Å². The van der Waals surface area contributed by atoms with Gasteiger partial charge in [0.2, 0.25) is 0 Å². The second-order valence-corrected chi connectivity index (χ2v) is 1.55. The molecule has 0 aromatic heterocycles. The third-order valence-electron chi connectivity index (χ3n) is 0.734. The summed E-state index contributed by atoms with van der Waals surface area (Å²) in [6, 6.07) is 0. The molecule has 0 saturated carbocycles.